The highest BCUT2D eigenvalue weighted by atomic mass is 35.5. The summed E-state index contributed by atoms with van der Waals surface area (Å²) in [6.45, 7) is 4.07. The summed E-state index contributed by atoms with van der Waals surface area (Å²) in [7, 11) is 1.25. The van der Waals surface area contributed by atoms with Crippen molar-refractivity contribution in [1.82, 2.24) is 20.1 Å². The number of hydrogen-bond donors (Lipinski definition) is 2. The zero-order chi connectivity index (χ0) is 28.8. The maximum Gasteiger partial charge on any atom is 0.410 e. The number of nitrogens with zero attached hydrogens (tertiary/aromatic N) is 4. The second-order valence-corrected chi connectivity index (χ2v) is 11.2. The maximum absolute atomic E-state index is 13.9. The number of carbonyl (C=O) groups is 3. The number of piperazine rings is 1. The number of amides is 1. The van der Waals surface area contributed by atoms with Gasteiger partial charge in [0.2, 0.25) is 0 Å². The number of aromatic nitrogens is 1. The van der Waals surface area contributed by atoms with E-state index in [1.54, 1.807) is 11.6 Å². The summed E-state index contributed by atoms with van der Waals surface area (Å²) in [6.07, 6.45) is 0.771. The van der Waals surface area contributed by atoms with Crippen LogP contribution in [0.4, 0.5) is 9.18 Å². The minimum absolute atomic E-state index is 0.0709. The van der Waals surface area contributed by atoms with Gasteiger partial charge in [-0.1, -0.05) is 17.7 Å². The highest BCUT2D eigenvalue weighted by molar-refractivity contribution is 7.11. The molecule has 0 spiro atoms. The number of nitrogens with one attached hydrogen (secondary N) is 1. The average Bonchev–Trinajstić information content (AvgIpc) is 3.55. The SMILES string of the molecule is COC(=O)C1=C(CN2C(C)CN3C(=O)OC[C@@]3(CC(=O)O)C2C)NC(c2nccs2)=N[C@H]1c1ccc(F)cc1Cl. The van der Waals surface area contributed by atoms with E-state index in [-0.39, 0.29) is 42.8 Å². The molecular weight excluding hydrogens is 565 g/mol. The molecule has 14 heteroatoms. The number of cyclic esters (lactones) is 1. The molecular formula is C26H27ClFN5O6S. The predicted octanol–water partition coefficient (Wildman–Crippen LogP) is 3.21. The molecule has 2 saturated heterocycles. The van der Waals surface area contributed by atoms with Gasteiger partial charge in [0.25, 0.3) is 0 Å². The minimum atomic E-state index is -1.10. The van der Waals surface area contributed by atoms with E-state index in [0.29, 0.717) is 22.1 Å². The number of ether oxygens (including phenoxy) is 2. The summed E-state index contributed by atoms with van der Waals surface area (Å²) >= 11 is 7.78. The standard InChI is InChI=1S/C26H27ClFN5O6S/c1-13-10-33-25(37)39-12-26(33,9-19(34)35)14(2)32(13)11-18-20(24(36)38-3)21(16-5-4-15(28)8-17(16)27)31-22(30-18)23-29-6-7-40-23/h4-8,13-14,21H,9-12H2,1-3H3,(H,30,31)(H,34,35)/t13?,14?,21-,26-/m0/s1. The monoisotopic (exact) mass is 591 g/mol. The molecule has 2 unspecified atom stereocenters. The van der Waals surface area contributed by atoms with Crippen LogP contribution in [0.25, 0.3) is 0 Å². The summed E-state index contributed by atoms with van der Waals surface area (Å²) in [5.41, 5.74) is -0.0776. The molecule has 1 aromatic carbocycles. The number of carbonyl (C=O) groups excluding carboxylic acids is 2. The van der Waals surface area contributed by atoms with Gasteiger partial charge in [-0.2, -0.15) is 0 Å². The summed E-state index contributed by atoms with van der Waals surface area (Å²) in [4.78, 5) is 50.4. The first kappa shape index (κ1) is 28.0. The molecule has 3 aliphatic rings. The topological polar surface area (TPSA) is 134 Å². The van der Waals surface area contributed by atoms with Crippen LogP contribution in [0.2, 0.25) is 5.02 Å². The fourth-order valence-electron chi connectivity index (χ4n) is 5.69. The normalized spacial score (nSPS) is 26.6. The number of fused-ring (bicyclic) bond motifs is 1. The van der Waals surface area contributed by atoms with Gasteiger partial charge in [-0.3, -0.25) is 19.6 Å². The predicted molar refractivity (Wildman–Crippen MR) is 144 cm³/mol. The van der Waals surface area contributed by atoms with Crippen LogP contribution in [0.3, 0.4) is 0 Å². The number of halogens is 2. The Hall–Kier alpha value is -3.55. The number of aliphatic imine (C=N–C) groups is 1. The molecule has 0 bridgehead atoms. The molecule has 2 N–H and O–H groups in total. The molecule has 4 atom stereocenters. The third-order valence-corrected chi connectivity index (χ3v) is 8.82. The smallest absolute Gasteiger partial charge is 0.410 e. The summed E-state index contributed by atoms with van der Waals surface area (Å²) in [5.74, 6) is -1.86. The van der Waals surface area contributed by atoms with Crippen LogP contribution in [0.1, 0.15) is 36.9 Å². The molecule has 40 heavy (non-hydrogen) atoms. The van der Waals surface area contributed by atoms with Crippen molar-refractivity contribution in [3.8, 4) is 0 Å². The highest BCUT2D eigenvalue weighted by Crippen LogP contribution is 2.41. The molecule has 2 fully saturated rings. The van der Waals surface area contributed by atoms with Crippen LogP contribution >= 0.6 is 22.9 Å². The van der Waals surface area contributed by atoms with Crippen molar-refractivity contribution in [3.63, 3.8) is 0 Å². The zero-order valence-corrected chi connectivity index (χ0v) is 23.5. The molecule has 1 amide bonds. The third-order valence-electron chi connectivity index (χ3n) is 7.71. The molecule has 5 rings (SSSR count). The number of esters is 1. The Bertz CT molecular complexity index is 1420. The van der Waals surface area contributed by atoms with Gasteiger partial charge in [0.05, 0.1) is 19.1 Å². The molecule has 11 nitrogen and oxygen atoms in total. The molecule has 0 radical (unpaired) electrons. The fourth-order valence-corrected chi connectivity index (χ4v) is 6.54. The van der Waals surface area contributed by atoms with E-state index in [1.807, 2.05) is 18.7 Å². The number of thiazole rings is 1. The highest BCUT2D eigenvalue weighted by Gasteiger charge is 2.58. The number of methoxy groups -OCH3 is 1. The summed E-state index contributed by atoms with van der Waals surface area (Å²) in [6, 6.07) is 2.24. The second kappa shape index (κ2) is 10.8. The lowest BCUT2D eigenvalue weighted by atomic mass is 9.82. The molecule has 0 saturated carbocycles. The molecule has 3 aliphatic heterocycles. The van der Waals surface area contributed by atoms with E-state index in [2.05, 4.69) is 10.3 Å². The van der Waals surface area contributed by atoms with Crippen molar-refractivity contribution < 1.29 is 33.4 Å². The van der Waals surface area contributed by atoms with Gasteiger partial charge >= 0.3 is 18.0 Å². The van der Waals surface area contributed by atoms with Crippen LogP contribution in [-0.4, -0.2) is 88.2 Å². The second-order valence-electron chi connectivity index (χ2n) is 9.93. The van der Waals surface area contributed by atoms with Gasteiger partial charge in [0.15, 0.2) is 10.8 Å². The van der Waals surface area contributed by atoms with E-state index in [4.69, 9.17) is 26.1 Å². The average molecular weight is 592 g/mol. The van der Waals surface area contributed by atoms with Crippen LogP contribution in [-0.2, 0) is 19.1 Å². The van der Waals surface area contributed by atoms with Crippen LogP contribution in [0.5, 0.6) is 0 Å². The van der Waals surface area contributed by atoms with Gasteiger partial charge in [0.1, 0.15) is 24.0 Å². The first-order valence-corrected chi connectivity index (χ1v) is 13.7. The fraction of sp³-hybridized carbons (Fsp3) is 0.423. The van der Waals surface area contributed by atoms with E-state index < -0.39 is 41.5 Å². The summed E-state index contributed by atoms with van der Waals surface area (Å²) in [5, 5.41) is 15.4. The van der Waals surface area contributed by atoms with Crippen LogP contribution < -0.4 is 5.32 Å². The quantitative estimate of drug-likeness (QED) is 0.466. The Kier molecular flexibility index (Phi) is 7.55. The molecule has 212 valence electrons. The number of aliphatic carboxylic acids is 1. The van der Waals surface area contributed by atoms with Crippen molar-refractivity contribution >= 4 is 46.8 Å². The Balaban J connectivity index is 1.61. The first-order chi connectivity index (χ1) is 19.1. The van der Waals surface area contributed by atoms with Crippen molar-refractivity contribution in [3.05, 3.63) is 62.5 Å². The van der Waals surface area contributed by atoms with Crippen molar-refractivity contribution in [1.29, 1.82) is 0 Å². The number of carboxylic acid groups (broad SMARTS) is 1. The van der Waals surface area contributed by atoms with Crippen molar-refractivity contribution in [2.75, 3.05) is 26.8 Å². The Morgan fingerprint density at radius 1 is 1.38 bits per heavy atom. The maximum atomic E-state index is 13.9. The summed E-state index contributed by atoms with van der Waals surface area (Å²) < 4.78 is 24.4. The van der Waals surface area contributed by atoms with E-state index >= 15 is 0 Å². The lowest BCUT2D eigenvalue weighted by Gasteiger charge is -2.52. The largest absolute Gasteiger partial charge is 0.481 e. The number of amidine groups is 1. The van der Waals surface area contributed by atoms with Crippen LogP contribution in [0, 0.1) is 5.82 Å². The Morgan fingerprint density at radius 2 is 2.15 bits per heavy atom. The first-order valence-electron chi connectivity index (χ1n) is 12.5. The zero-order valence-electron chi connectivity index (χ0n) is 21.9. The molecule has 0 aliphatic carbocycles. The van der Waals surface area contributed by atoms with Crippen molar-refractivity contribution in [2.24, 2.45) is 4.99 Å². The Labute approximate surface area is 238 Å². The van der Waals surface area contributed by atoms with E-state index in [0.717, 1.165) is 6.07 Å². The Morgan fingerprint density at radius 3 is 2.80 bits per heavy atom. The minimum Gasteiger partial charge on any atom is -0.481 e. The van der Waals surface area contributed by atoms with Gasteiger partial charge in [0, 0.05) is 53.0 Å². The third kappa shape index (κ3) is 4.82. The van der Waals surface area contributed by atoms with Crippen LogP contribution in [0.15, 0.2) is 46.0 Å². The van der Waals surface area contributed by atoms with Crippen molar-refractivity contribution in [2.45, 2.75) is 43.9 Å². The molecule has 2 aromatic rings. The number of carboxylic acids is 1. The molecule has 4 heterocycles. The number of benzene rings is 1. The lowest BCUT2D eigenvalue weighted by molar-refractivity contribution is -0.142. The number of hydrogen-bond acceptors (Lipinski definition) is 10. The van der Waals surface area contributed by atoms with Gasteiger partial charge in [-0.05, 0) is 26.0 Å². The van der Waals surface area contributed by atoms with Gasteiger partial charge < -0.3 is 19.9 Å². The van der Waals surface area contributed by atoms with Gasteiger partial charge in [-0.25, -0.2) is 19.0 Å². The van der Waals surface area contributed by atoms with Gasteiger partial charge in [-0.15, -0.1) is 11.3 Å². The number of rotatable bonds is 7. The molecule has 1 aromatic heterocycles. The van der Waals surface area contributed by atoms with E-state index in [9.17, 15) is 23.9 Å². The lowest BCUT2D eigenvalue weighted by Crippen LogP contribution is -2.70. The van der Waals surface area contributed by atoms with E-state index in [1.165, 1.54) is 35.5 Å².